The summed E-state index contributed by atoms with van der Waals surface area (Å²) < 4.78 is 10.7. The Kier molecular flexibility index (Phi) is 3.98. The van der Waals surface area contributed by atoms with Crippen molar-refractivity contribution >= 4 is 46.5 Å². The number of benzene rings is 1. The van der Waals surface area contributed by atoms with Crippen molar-refractivity contribution in [3.05, 3.63) is 33.0 Å². The lowest BCUT2D eigenvalue weighted by atomic mass is 10.2. The molecule has 5 nitrogen and oxygen atoms in total. The Bertz CT molecular complexity index is 619. The number of hydrogen-bond acceptors (Lipinski definition) is 5. The predicted octanol–water partition coefficient (Wildman–Crippen LogP) is 2.53. The van der Waals surface area contributed by atoms with E-state index in [1.165, 1.54) is 6.92 Å². The lowest BCUT2D eigenvalue weighted by Gasteiger charge is -2.05. The van der Waals surface area contributed by atoms with E-state index in [0.717, 1.165) is 3.57 Å². The maximum absolute atomic E-state index is 11.4. The fourth-order valence-corrected chi connectivity index (χ4v) is 1.96. The maximum Gasteiger partial charge on any atom is 0.363 e. The first-order chi connectivity index (χ1) is 8.95. The molecular formula is C13H10INO4. The average Bonchev–Trinajstić information content (AvgIpc) is 2.61. The van der Waals surface area contributed by atoms with Crippen LogP contribution in [0.3, 0.4) is 0 Å². The highest BCUT2D eigenvalue weighted by Crippen LogP contribution is 2.24. The summed E-state index contributed by atoms with van der Waals surface area (Å²) in [7, 11) is 0. The maximum atomic E-state index is 11.4. The topological polar surface area (TPSA) is 65.0 Å². The molecule has 0 atom stereocenters. The highest BCUT2D eigenvalue weighted by atomic mass is 127. The molecule has 1 aliphatic heterocycles. The Hall–Kier alpha value is -1.70. The van der Waals surface area contributed by atoms with Crippen molar-refractivity contribution < 1.29 is 19.1 Å². The van der Waals surface area contributed by atoms with Gasteiger partial charge in [-0.05, 0) is 46.4 Å². The quantitative estimate of drug-likeness (QED) is 0.347. The van der Waals surface area contributed by atoms with Gasteiger partial charge in [-0.25, -0.2) is 9.79 Å². The highest BCUT2D eigenvalue weighted by molar-refractivity contribution is 14.1. The summed E-state index contributed by atoms with van der Waals surface area (Å²) in [6.07, 6.45) is 1.59. The van der Waals surface area contributed by atoms with Gasteiger partial charge in [-0.15, -0.1) is 0 Å². The standard InChI is InChI=1S/C13H10INO4/c1-7-15-11(13(17)18-7)5-9-3-4-10(14)12(6-9)19-8(2)16/h3-6H,1-2H3. The number of aliphatic imine (C=N–C) groups is 1. The second-order valence-corrected chi connectivity index (χ2v) is 5.00. The van der Waals surface area contributed by atoms with Gasteiger partial charge in [-0.2, -0.15) is 0 Å². The molecule has 0 saturated carbocycles. The van der Waals surface area contributed by atoms with Crippen LogP contribution in [0.25, 0.3) is 6.08 Å². The van der Waals surface area contributed by atoms with E-state index in [1.54, 1.807) is 31.2 Å². The van der Waals surface area contributed by atoms with Crippen molar-refractivity contribution in [1.29, 1.82) is 0 Å². The third-order valence-electron chi connectivity index (χ3n) is 2.24. The molecule has 0 fully saturated rings. The second-order valence-electron chi connectivity index (χ2n) is 3.83. The molecule has 1 heterocycles. The van der Waals surface area contributed by atoms with Crippen LogP contribution in [0, 0.1) is 3.57 Å². The fourth-order valence-electron chi connectivity index (χ4n) is 1.52. The molecule has 0 aliphatic carbocycles. The third kappa shape index (κ3) is 3.40. The zero-order valence-electron chi connectivity index (χ0n) is 10.3. The summed E-state index contributed by atoms with van der Waals surface area (Å²) in [6, 6.07) is 5.27. The molecule has 19 heavy (non-hydrogen) atoms. The fraction of sp³-hybridized carbons (Fsp3) is 0.154. The number of nitrogens with zero attached hydrogens (tertiary/aromatic N) is 1. The van der Waals surface area contributed by atoms with E-state index in [2.05, 4.69) is 27.6 Å². The summed E-state index contributed by atoms with van der Waals surface area (Å²) in [5.74, 6) is -0.0987. The first-order valence-corrected chi connectivity index (χ1v) is 6.51. The van der Waals surface area contributed by atoms with E-state index in [-0.39, 0.29) is 5.70 Å². The van der Waals surface area contributed by atoms with Gasteiger partial charge in [0.05, 0.1) is 3.57 Å². The number of carbonyl (C=O) groups is 2. The van der Waals surface area contributed by atoms with Crippen LogP contribution in [-0.4, -0.2) is 17.8 Å². The largest absolute Gasteiger partial charge is 0.426 e. The van der Waals surface area contributed by atoms with Crippen LogP contribution in [0.2, 0.25) is 0 Å². The zero-order valence-corrected chi connectivity index (χ0v) is 12.4. The Morgan fingerprint density at radius 1 is 1.47 bits per heavy atom. The van der Waals surface area contributed by atoms with Gasteiger partial charge < -0.3 is 9.47 Å². The Morgan fingerprint density at radius 2 is 2.21 bits per heavy atom. The van der Waals surface area contributed by atoms with Crippen LogP contribution in [0.4, 0.5) is 0 Å². The third-order valence-corrected chi connectivity index (χ3v) is 3.13. The van der Waals surface area contributed by atoms with Crippen molar-refractivity contribution in [2.75, 3.05) is 0 Å². The zero-order chi connectivity index (χ0) is 14.0. The number of cyclic esters (lactones) is 1. The number of rotatable bonds is 2. The summed E-state index contributed by atoms with van der Waals surface area (Å²) in [4.78, 5) is 26.4. The molecule has 0 amide bonds. The molecule has 0 spiro atoms. The Morgan fingerprint density at radius 3 is 2.79 bits per heavy atom. The average molecular weight is 371 g/mol. The molecule has 1 aliphatic rings. The number of ether oxygens (including phenoxy) is 2. The summed E-state index contributed by atoms with van der Waals surface area (Å²) >= 11 is 2.07. The molecule has 1 aromatic carbocycles. The first-order valence-electron chi connectivity index (χ1n) is 5.43. The lowest BCUT2D eigenvalue weighted by Crippen LogP contribution is -2.03. The number of carbonyl (C=O) groups excluding carboxylic acids is 2. The molecule has 98 valence electrons. The van der Waals surface area contributed by atoms with Crippen molar-refractivity contribution in [1.82, 2.24) is 0 Å². The van der Waals surface area contributed by atoms with Crippen molar-refractivity contribution in [3.63, 3.8) is 0 Å². The van der Waals surface area contributed by atoms with Crippen LogP contribution in [0.15, 0.2) is 28.9 Å². The van der Waals surface area contributed by atoms with Crippen LogP contribution in [0.5, 0.6) is 5.75 Å². The van der Waals surface area contributed by atoms with Gasteiger partial charge in [0.1, 0.15) is 5.75 Å². The molecule has 6 heteroatoms. The van der Waals surface area contributed by atoms with Crippen molar-refractivity contribution in [2.45, 2.75) is 13.8 Å². The SMILES string of the molecule is CC(=O)Oc1cc(C=C2N=C(C)OC2=O)ccc1I. The van der Waals surface area contributed by atoms with Crippen molar-refractivity contribution in [3.8, 4) is 5.75 Å². The van der Waals surface area contributed by atoms with Crippen LogP contribution in [-0.2, 0) is 14.3 Å². The highest BCUT2D eigenvalue weighted by Gasteiger charge is 2.19. The number of halogens is 1. The van der Waals surface area contributed by atoms with Crippen LogP contribution in [0.1, 0.15) is 19.4 Å². The monoisotopic (exact) mass is 371 g/mol. The van der Waals surface area contributed by atoms with Gasteiger partial charge in [0.25, 0.3) is 0 Å². The number of hydrogen-bond donors (Lipinski definition) is 0. The minimum absolute atomic E-state index is 0.229. The van der Waals surface area contributed by atoms with E-state index < -0.39 is 11.9 Å². The van der Waals surface area contributed by atoms with Crippen LogP contribution < -0.4 is 4.74 Å². The van der Waals surface area contributed by atoms with E-state index >= 15 is 0 Å². The summed E-state index contributed by atoms with van der Waals surface area (Å²) in [5.41, 5.74) is 0.939. The van der Waals surface area contributed by atoms with Gasteiger partial charge >= 0.3 is 11.9 Å². The first kappa shape index (κ1) is 13.7. The van der Waals surface area contributed by atoms with E-state index in [4.69, 9.17) is 9.47 Å². The Balaban J connectivity index is 2.34. The van der Waals surface area contributed by atoms with Gasteiger partial charge in [0.2, 0.25) is 0 Å². The summed E-state index contributed by atoms with van der Waals surface area (Å²) in [5, 5.41) is 0. The molecule has 0 aromatic heterocycles. The molecule has 0 unspecified atom stereocenters. The second kappa shape index (κ2) is 5.52. The van der Waals surface area contributed by atoms with E-state index in [1.807, 2.05) is 0 Å². The van der Waals surface area contributed by atoms with Gasteiger partial charge in [0.15, 0.2) is 11.6 Å². The molecule has 0 bridgehead atoms. The lowest BCUT2D eigenvalue weighted by molar-refractivity contribution is -0.132. The molecular weight excluding hydrogens is 361 g/mol. The van der Waals surface area contributed by atoms with Crippen molar-refractivity contribution in [2.24, 2.45) is 4.99 Å². The van der Waals surface area contributed by atoms with Gasteiger partial charge in [-0.3, -0.25) is 4.79 Å². The minimum Gasteiger partial charge on any atom is -0.426 e. The van der Waals surface area contributed by atoms with Crippen LogP contribution >= 0.6 is 22.6 Å². The van der Waals surface area contributed by atoms with Gasteiger partial charge in [-0.1, -0.05) is 6.07 Å². The molecule has 1 aromatic rings. The molecule has 0 saturated heterocycles. The smallest absolute Gasteiger partial charge is 0.363 e. The molecule has 0 N–H and O–H groups in total. The molecule has 2 rings (SSSR count). The molecule has 0 radical (unpaired) electrons. The van der Waals surface area contributed by atoms with Gasteiger partial charge in [0, 0.05) is 13.8 Å². The van der Waals surface area contributed by atoms with E-state index in [0.29, 0.717) is 17.2 Å². The predicted molar refractivity (Wildman–Crippen MR) is 77.6 cm³/mol. The van der Waals surface area contributed by atoms with E-state index in [9.17, 15) is 9.59 Å². The Labute approximate surface area is 123 Å². The summed E-state index contributed by atoms with van der Waals surface area (Å²) in [6.45, 7) is 2.94. The minimum atomic E-state index is -0.481. The normalized spacial score (nSPS) is 16.3. The number of esters is 2.